The van der Waals surface area contributed by atoms with Crippen LogP contribution in [-0.2, 0) is 16.8 Å². The molecule has 1 amide bonds. The molecule has 2 aromatic rings. The molecule has 134 valence electrons. The van der Waals surface area contributed by atoms with E-state index in [4.69, 9.17) is 4.74 Å². The predicted molar refractivity (Wildman–Crippen MR) is 98.5 cm³/mol. The second-order valence-corrected chi connectivity index (χ2v) is 7.19. The normalized spacial score (nSPS) is 11.2. The van der Waals surface area contributed by atoms with Crippen LogP contribution in [0.4, 0.5) is 0 Å². The Morgan fingerprint density at radius 3 is 2.60 bits per heavy atom. The average molecular weight is 341 g/mol. The van der Waals surface area contributed by atoms with Crippen molar-refractivity contribution in [3.63, 3.8) is 0 Å². The van der Waals surface area contributed by atoms with Crippen LogP contribution >= 0.6 is 0 Å². The number of aromatic nitrogens is 2. The minimum absolute atomic E-state index is 0.0104. The van der Waals surface area contributed by atoms with Crippen molar-refractivity contribution in [2.75, 3.05) is 6.61 Å². The first-order valence-corrected chi connectivity index (χ1v) is 8.62. The molecule has 25 heavy (non-hydrogen) atoms. The lowest BCUT2D eigenvalue weighted by Crippen LogP contribution is -2.26. The van der Waals surface area contributed by atoms with Crippen LogP contribution in [0, 0.1) is 6.92 Å². The molecule has 0 unspecified atom stereocenters. The highest BCUT2D eigenvalue weighted by Gasteiger charge is 2.19. The Morgan fingerprint density at radius 1 is 1.20 bits per heavy atom. The van der Waals surface area contributed by atoms with Gasteiger partial charge in [0.2, 0.25) is 5.91 Å². The highest BCUT2D eigenvalue weighted by molar-refractivity contribution is 5.75. The van der Waals surface area contributed by atoms with Gasteiger partial charge in [-0.3, -0.25) is 4.79 Å². The van der Waals surface area contributed by atoms with Crippen LogP contribution in [0.5, 0.6) is 5.75 Å². The number of nitrogens with one attached hydrogen (secondary N) is 1. The van der Waals surface area contributed by atoms with Gasteiger partial charge < -0.3 is 10.1 Å². The SMILES string of the molecule is Cc1ccc(OCCCC(=O)NCc2cncnc2C(C)(C)C)cc1. The van der Waals surface area contributed by atoms with E-state index >= 15 is 0 Å². The zero-order valence-corrected chi connectivity index (χ0v) is 15.5. The Hall–Kier alpha value is -2.43. The van der Waals surface area contributed by atoms with E-state index in [1.54, 1.807) is 12.5 Å². The van der Waals surface area contributed by atoms with Crippen molar-refractivity contribution in [3.05, 3.63) is 53.6 Å². The number of ether oxygens (including phenoxy) is 1. The summed E-state index contributed by atoms with van der Waals surface area (Å²) in [5.74, 6) is 0.846. The zero-order chi connectivity index (χ0) is 18.3. The minimum Gasteiger partial charge on any atom is -0.494 e. The number of carbonyl (C=O) groups excluding carboxylic acids is 1. The molecule has 0 atom stereocenters. The minimum atomic E-state index is -0.0785. The van der Waals surface area contributed by atoms with Crippen molar-refractivity contribution in [3.8, 4) is 5.75 Å². The van der Waals surface area contributed by atoms with Gasteiger partial charge in [-0.05, 0) is 25.5 Å². The number of benzene rings is 1. The van der Waals surface area contributed by atoms with E-state index in [0.29, 0.717) is 26.0 Å². The third kappa shape index (κ3) is 6.18. The summed E-state index contributed by atoms with van der Waals surface area (Å²) in [6.45, 7) is 9.31. The number of carbonyl (C=O) groups is 1. The Kier molecular flexibility index (Phi) is 6.51. The molecule has 0 fully saturated rings. The summed E-state index contributed by atoms with van der Waals surface area (Å²) in [6, 6.07) is 7.91. The maximum atomic E-state index is 12.0. The van der Waals surface area contributed by atoms with Gasteiger partial charge in [0.15, 0.2) is 0 Å². The Bertz CT molecular complexity index is 691. The zero-order valence-electron chi connectivity index (χ0n) is 15.5. The quantitative estimate of drug-likeness (QED) is 0.782. The fourth-order valence-electron chi connectivity index (χ4n) is 2.50. The molecule has 5 heteroatoms. The second kappa shape index (κ2) is 8.60. The molecular formula is C20H27N3O2. The van der Waals surface area contributed by atoms with Gasteiger partial charge in [-0.25, -0.2) is 9.97 Å². The summed E-state index contributed by atoms with van der Waals surface area (Å²) in [5.41, 5.74) is 3.04. The average Bonchev–Trinajstić information content (AvgIpc) is 2.58. The molecule has 0 spiro atoms. The fraction of sp³-hybridized carbons (Fsp3) is 0.450. The summed E-state index contributed by atoms with van der Waals surface area (Å²) in [6.07, 6.45) is 4.43. The standard InChI is InChI=1S/C20H27N3O2/c1-15-7-9-17(10-8-15)25-11-5-6-18(24)22-13-16-12-21-14-23-19(16)20(2,3)4/h7-10,12,14H,5-6,11,13H2,1-4H3,(H,22,24). The number of amides is 1. The van der Waals surface area contributed by atoms with E-state index in [9.17, 15) is 4.79 Å². The highest BCUT2D eigenvalue weighted by Crippen LogP contribution is 2.22. The highest BCUT2D eigenvalue weighted by atomic mass is 16.5. The molecule has 0 saturated carbocycles. The predicted octanol–water partition coefficient (Wildman–Crippen LogP) is 3.56. The molecule has 0 aliphatic carbocycles. The summed E-state index contributed by atoms with van der Waals surface area (Å²) in [4.78, 5) is 20.5. The van der Waals surface area contributed by atoms with E-state index < -0.39 is 0 Å². The molecule has 5 nitrogen and oxygen atoms in total. The molecule has 1 aromatic carbocycles. The molecule has 0 saturated heterocycles. The van der Waals surface area contributed by atoms with Crippen LogP contribution in [0.2, 0.25) is 0 Å². The number of rotatable bonds is 7. The first kappa shape index (κ1) is 18.9. The van der Waals surface area contributed by atoms with Crippen LogP contribution in [-0.4, -0.2) is 22.5 Å². The van der Waals surface area contributed by atoms with Gasteiger partial charge in [-0.15, -0.1) is 0 Å². The van der Waals surface area contributed by atoms with Crippen molar-refractivity contribution in [2.24, 2.45) is 0 Å². The van der Waals surface area contributed by atoms with E-state index in [1.165, 1.54) is 5.56 Å². The molecule has 1 heterocycles. The van der Waals surface area contributed by atoms with Crippen LogP contribution in [0.25, 0.3) is 0 Å². The smallest absolute Gasteiger partial charge is 0.220 e. The molecule has 0 aliphatic heterocycles. The third-order valence-electron chi connectivity index (χ3n) is 3.81. The topological polar surface area (TPSA) is 64.1 Å². The fourth-order valence-corrected chi connectivity index (χ4v) is 2.50. The van der Waals surface area contributed by atoms with Gasteiger partial charge in [0.25, 0.3) is 0 Å². The lowest BCUT2D eigenvalue weighted by molar-refractivity contribution is -0.121. The molecule has 1 aromatic heterocycles. The first-order chi connectivity index (χ1) is 11.9. The van der Waals surface area contributed by atoms with Crippen molar-refractivity contribution in [2.45, 2.75) is 52.5 Å². The van der Waals surface area contributed by atoms with E-state index in [0.717, 1.165) is 17.0 Å². The molecule has 0 aliphatic rings. The van der Waals surface area contributed by atoms with Gasteiger partial charge >= 0.3 is 0 Å². The maximum absolute atomic E-state index is 12.0. The van der Waals surface area contributed by atoms with Crippen molar-refractivity contribution >= 4 is 5.91 Å². The molecule has 0 radical (unpaired) electrons. The molecule has 1 N–H and O–H groups in total. The van der Waals surface area contributed by atoms with Gasteiger partial charge in [0.05, 0.1) is 12.3 Å². The van der Waals surface area contributed by atoms with E-state index in [2.05, 4.69) is 36.1 Å². The van der Waals surface area contributed by atoms with Crippen molar-refractivity contribution in [1.29, 1.82) is 0 Å². The third-order valence-corrected chi connectivity index (χ3v) is 3.81. The largest absolute Gasteiger partial charge is 0.494 e. The number of hydrogen-bond acceptors (Lipinski definition) is 4. The van der Waals surface area contributed by atoms with Gasteiger partial charge in [-0.1, -0.05) is 38.5 Å². The van der Waals surface area contributed by atoms with Gasteiger partial charge in [0.1, 0.15) is 12.1 Å². The van der Waals surface area contributed by atoms with Crippen LogP contribution < -0.4 is 10.1 Å². The van der Waals surface area contributed by atoms with E-state index in [-0.39, 0.29) is 11.3 Å². The maximum Gasteiger partial charge on any atom is 0.220 e. The van der Waals surface area contributed by atoms with Crippen LogP contribution in [0.3, 0.4) is 0 Å². The second-order valence-electron chi connectivity index (χ2n) is 7.19. The molecule has 0 bridgehead atoms. The Balaban J connectivity index is 1.73. The van der Waals surface area contributed by atoms with Crippen LogP contribution in [0.15, 0.2) is 36.8 Å². The number of hydrogen-bond donors (Lipinski definition) is 1. The van der Waals surface area contributed by atoms with Crippen LogP contribution in [0.1, 0.15) is 50.4 Å². The van der Waals surface area contributed by atoms with Gasteiger partial charge in [-0.2, -0.15) is 0 Å². The Morgan fingerprint density at radius 2 is 1.92 bits per heavy atom. The monoisotopic (exact) mass is 341 g/mol. The Labute approximate surface area is 149 Å². The molecule has 2 rings (SSSR count). The summed E-state index contributed by atoms with van der Waals surface area (Å²) in [5, 5.41) is 2.94. The first-order valence-electron chi connectivity index (χ1n) is 8.62. The summed E-state index contributed by atoms with van der Waals surface area (Å²) in [7, 11) is 0. The molecular weight excluding hydrogens is 314 g/mol. The number of aryl methyl sites for hydroxylation is 1. The number of nitrogens with zero attached hydrogens (tertiary/aromatic N) is 2. The summed E-state index contributed by atoms with van der Waals surface area (Å²) >= 11 is 0. The van der Waals surface area contributed by atoms with Crippen molar-refractivity contribution in [1.82, 2.24) is 15.3 Å². The van der Waals surface area contributed by atoms with Gasteiger partial charge in [0, 0.05) is 30.1 Å². The lowest BCUT2D eigenvalue weighted by atomic mass is 9.89. The van der Waals surface area contributed by atoms with Crippen molar-refractivity contribution < 1.29 is 9.53 Å². The van der Waals surface area contributed by atoms with E-state index in [1.807, 2.05) is 31.2 Å². The lowest BCUT2D eigenvalue weighted by Gasteiger charge is -2.21. The summed E-state index contributed by atoms with van der Waals surface area (Å²) < 4.78 is 5.64.